The molecule has 4 rings (SSSR count). The van der Waals surface area contributed by atoms with Gasteiger partial charge >= 0.3 is 0 Å². The van der Waals surface area contributed by atoms with E-state index in [0.717, 1.165) is 5.56 Å². The summed E-state index contributed by atoms with van der Waals surface area (Å²) in [6.45, 7) is 2.59. The predicted molar refractivity (Wildman–Crippen MR) is 131 cm³/mol. The van der Waals surface area contributed by atoms with Crippen LogP contribution in [0.15, 0.2) is 78.4 Å². The van der Waals surface area contributed by atoms with E-state index in [1.165, 1.54) is 19.1 Å². The predicted octanol–water partition coefficient (Wildman–Crippen LogP) is 4.72. The molecule has 1 atom stereocenters. The van der Waals surface area contributed by atoms with Crippen LogP contribution < -0.4 is 14.2 Å². The van der Waals surface area contributed by atoms with Gasteiger partial charge in [0.05, 0.1) is 32.4 Å². The molecular weight excluding hydrogens is 446 g/mol. The molecule has 0 saturated carbocycles. The van der Waals surface area contributed by atoms with Crippen LogP contribution >= 0.6 is 0 Å². The van der Waals surface area contributed by atoms with Crippen molar-refractivity contribution < 1.29 is 28.9 Å². The summed E-state index contributed by atoms with van der Waals surface area (Å²) in [7, 11) is 3.05. The average Bonchev–Trinajstić information content (AvgIpc) is 3.14. The second-order valence-corrected chi connectivity index (χ2v) is 7.98. The van der Waals surface area contributed by atoms with Crippen molar-refractivity contribution in [2.24, 2.45) is 0 Å². The largest absolute Gasteiger partial charge is 0.507 e. The molecule has 0 aliphatic carbocycles. The maximum Gasteiger partial charge on any atom is 0.295 e. The van der Waals surface area contributed by atoms with E-state index >= 15 is 0 Å². The van der Waals surface area contributed by atoms with Crippen LogP contribution in [0.4, 0.5) is 0 Å². The molecule has 1 aliphatic rings. The molecule has 1 N–H and O–H groups in total. The van der Waals surface area contributed by atoms with Gasteiger partial charge in [-0.05, 0) is 54.4 Å². The third-order valence-electron chi connectivity index (χ3n) is 5.90. The van der Waals surface area contributed by atoms with Crippen molar-refractivity contribution in [3.05, 3.63) is 95.1 Å². The number of aliphatic hydroxyl groups excluding tert-OH is 1. The molecule has 0 spiro atoms. The van der Waals surface area contributed by atoms with Crippen LogP contribution in [0.2, 0.25) is 0 Å². The molecule has 0 radical (unpaired) electrons. The summed E-state index contributed by atoms with van der Waals surface area (Å²) in [5.74, 6) is -0.0564. The van der Waals surface area contributed by atoms with E-state index in [2.05, 4.69) is 0 Å². The van der Waals surface area contributed by atoms with Crippen molar-refractivity contribution in [3.63, 3.8) is 0 Å². The van der Waals surface area contributed by atoms with Gasteiger partial charge in [-0.2, -0.15) is 0 Å². The summed E-state index contributed by atoms with van der Waals surface area (Å²) in [6.07, 6.45) is 0. The Bertz CT molecular complexity index is 1250. The summed E-state index contributed by atoms with van der Waals surface area (Å²) in [4.78, 5) is 27.9. The molecule has 1 heterocycles. The van der Waals surface area contributed by atoms with Gasteiger partial charge in [-0.25, -0.2) is 0 Å². The van der Waals surface area contributed by atoms with Crippen LogP contribution in [0, 0.1) is 0 Å². The molecule has 1 fully saturated rings. The fraction of sp³-hybridized carbons (Fsp3) is 0.214. The molecule has 7 heteroatoms. The maximum atomic E-state index is 13.3. The number of aliphatic hydroxyl groups is 1. The standard InChI is InChI=1S/C28H27NO6/c1-4-35-21-13-10-19(11-14-21)26(30)24-25(20-12-15-22(33-2)23(16-20)34-3)29(28(32)27(24)31)17-18-8-6-5-7-9-18/h5-16,25,30H,4,17H2,1-3H3/b26-24+. The number of amides is 1. The first kappa shape index (κ1) is 23.9. The van der Waals surface area contributed by atoms with Gasteiger partial charge in [0.1, 0.15) is 11.5 Å². The zero-order valence-corrected chi connectivity index (χ0v) is 19.9. The Labute approximate surface area is 204 Å². The van der Waals surface area contributed by atoms with Crippen molar-refractivity contribution in [1.29, 1.82) is 0 Å². The van der Waals surface area contributed by atoms with Crippen LogP contribution in [0.1, 0.15) is 29.7 Å². The number of nitrogens with zero attached hydrogens (tertiary/aromatic N) is 1. The Morgan fingerprint density at radius 3 is 2.23 bits per heavy atom. The SMILES string of the molecule is CCOc1ccc(/C(O)=C2\C(=O)C(=O)N(Cc3ccccc3)C2c2ccc(OC)c(OC)c2)cc1. The molecular formula is C28H27NO6. The number of carbonyl (C=O) groups excluding carboxylic acids is 2. The van der Waals surface area contributed by atoms with Crippen molar-refractivity contribution in [2.45, 2.75) is 19.5 Å². The number of methoxy groups -OCH3 is 2. The van der Waals surface area contributed by atoms with E-state index < -0.39 is 17.7 Å². The number of likely N-dealkylation sites (tertiary alicyclic amines) is 1. The maximum absolute atomic E-state index is 13.3. The molecule has 3 aromatic carbocycles. The topological polar surface area (TPSA) is 85.3 Å². The van der Waals surface area contributed by atoms with Gasteiger partial charge in [-0.1, -0.05) is 36.4 Å². The third-order valence-corrected chi connectivity index (χ3v) is 5.90. The van der Waals surface area contributed by atoms with E-state index in [-0.39, 0.29) is 17.9 Å². The van der Waals surface area contributed by atoms with Gasteiger partial charge in [0.25, 0.3) is 11.7 Å². The average molecular weight is 474 g/mol. The highest BCUT2D eigenvalue weighted by Crippen LogP contribution is 2.42. The molecule has 1 aliphatic heterocycles. The summed E-state index contributed by atoms with van der Waals surface area (Å²) in [6, 6.07) is 20.5. The second-order valence-electron chi connectivity index (χ2n) is 7.98. The fourth-order valence-electron chi connectivity index (χ4n) is 4.22. The van der Waals surface area contributed by atoms with Crippen LogP contribution in [-0.4, -0.2) is 42.5 Å². The normalized spacial score (nSPS) is 16.9. The molecule has 1 saturated heterocycles. The molecule has 0 aromatic heterocycles. The molecule has 35 heavy (non-hydrogen) atoms. The molecule has 0 bridgehead atoms. The lowest BCUT2D eigenvalue weighted by atomic mass is 9.94. The summed E-state index contributed by atoms with van der Waals surface area (Å²) < 4.78 is 16.3. The van der Waals surface area contributed by atoms with Gasteiger partial charge in [-0.15, -0.1) is 0 Å². The molecule has 7 nitrogen and oxygen atoms in total. The first-order chi connectivity index (χ1) is 17.0. The van der Waals surface area contributed by atoms with Crippen molar-refractivity contribution >= 4 is 17.4 Å². The number of rotatable bonds is 8. The minimum absolute atomic E-state index is 0.0160. The van der Waals surface area contributed by atoms with E-state index in [1.54, 1.807) is 42.5 Å². The van der Waals surface area contributed by atoms with E-state index in [4.69, 9.17) is 14.2 Å². The second kappa shape index (κ2) is 10.3. The van der Waals surface area contributed by atoms with Gasteiger partial charge < -0.3 is 24.2 Å². The fourth-order valence-corrected chi connectivity index (χ4v) is 4.22. The Morgan fingerprint density at radius 1 is 0.914 bits per heavy atom. The smallest absolute Gasteiger partial charge is 0.295 e. The van der Waals surface area contributed by atoms with Crippen LogP contribution in [0.25, 0.3) is 5.76 Å². The van der Waals surface area contributed by atoms with Crippen LogP contribution in [0.3, 0.4) is 0 Å². The first-order valence-electron chi connectivity index (χ1n) is 11.3. The van der Waals surface area contributed by atoms with Crippen LogP contribution in [0.5, 0.6) is 17.2 Å². The Balaban J connectivity index is 1.85. The van der Waals surface area contributed by atoms with Gasteiger partial charge in [0, 0.05) is 12.1 Å². The Kier molecular flexibility index (Phi) is 7.06. The third kappa shape index (κ3) is 4.71. The van der Waals surface area contributed by atoms with Crippen molar-refractivity contribution in [1.82, 2.24) is 4.90 Å². The van der Waals surface area contributed by atoms with Gasteiger partial charge in [0.15, 0.2) is 11.5 Å². The number of hydrogen-bond acceptors (Lipinski definition) is 6. The summed E-state index contributed by atoms with van der Waals surface area (Å²) >= 11 is 0. The van der Waals surface area contributed by atoms with Crippen LogP contribution in [-0.2, 0) is 16.1 Å². The first-order valence-corrected chi connectivity index (χ1v) is 11.3. The number of Topliss-reactive ketones (excluding diaryl/α,β-unsaturated/α-hetero) is 1. The lowest BCUT2D eigenvalue weighted by Crippen LogP contribution is -2.29. The lowest BCUT2D eigenvalue weighted by molar-refractivity contribution is -0.140. The summed E-state index contributed by atoms with van der Waals surface area (Å²) in [5.41, 5.74) is 1.91. The monoisotopic (exact) mass is 473 g/mol. The van der Waals surface area contributed by atoms with Crippen molar-refractivity contribution in [3.8, 4) is 17.2 Å². The van der Waals surface area contributed by atoms with Gasteiger partial charge in [0.2, 0.25) is 0 Å². The number of carbonyl (C=O) groups is 2. The Morgan fingerprint density at radius 2 is 1.60 bits per heavy atom. The quantitative estimate of drug-likeness (QED) is 0.289. The number of hydrogen-bond donors (Lipinski definition) is 1. The highest BCUT2D eigenvalue weighted by atomic mass is 16.5. The number of ketones is 1. The number of ether oxygens (including phenoxy) is 3. The van der Waals surface area contributed by atoms with Crippen molar-refractivity contribution in [2.75, 3.05) is 20.8 Å². The van der Waals surface area contributed by atoms with E-state index in [0.29, 0.717) is 35.0 Å². The lowest BCUT2D eigenvalue weighted by Gasteiger charge is -2.26. The highest BCUT2D eigenvalue weighted by molar-refractivity contribution is 6.46. The van der Waals surface area contributed by atoms with Gasteiger partial charge in [-0.3, -0.25) is 9.59 Å². The minimum atomic E-state index is -0.818. The van der Waals surface area contributed by atoms with E-state index in [1.807, 2.05) is 37.3 Å². The minimum Gasteiger partial charge on any atom is -0.507 e. The molecule has 1 unspecified atom stereocenters. The zero-order chi connectivity index (χ0) is 24.9. The molecule has 1 amide bonds. The van der Waals surface area contributed by atoms with E-state index in [9.17, 15) is 14.7 Å². The summed E-state index contributed by atoms with van der Waals surface area (Å²) in [5, 5.41) is 11.3. The zero-order valence-electron chi connectivity index (χ0n) is 19.9. The Hall–Kier alpha value is -4.26. The molecule has 180 valence electrons. The number of benzene rings is 3. The highest BCUT2D eigenvalue weighted by Gasteiger charge is 2.46. The molecule has 3 aromatic rings.